The minimum absolute atomic E-state index is 0.179. The molecule has 98 valence electrons. The molecule has 18 heavy (non-hydrogen) atoms. The van der Waals surface area contributed by atoms with Gasteiger partial charge in [-0.1, -0.05) is 17.3 Å². The van der Waals surface area contributed by atoms with Crippen LogP contribution in [0.1, 0.15) is 19.4 Å². The third kappa shape index (κ3) is 3.19. The van der Waals surface area contributed by atoms with Crippen LogP contribution in [-0.2, 0) is 11.3 Å². The molecule has 0 fully saturated rings. The quantitative estimate of drug-likeness (QED) is 0.326. The van der Waals surface area contributed by atoms with Crippen LogP contribution in [0.25, 0.3) is 0 Å². The molecule has 0 aliphatic carbocycles. The molecule has 1 amide bonds. The summed E-state index contributed by atoms with van der Waals surface area (Å²) in [6.45, 7) is 3.24. The molecule has 6 heteroatoms. The van der Waals surface area contributed by atoms with Crippen LogP contribution in [0.3, 0.4) is 0 Å². The fourth-order valence-corrected chi connectivity index (χ4v) is 1.29. The number of hydrogen-bond acceptors (Lipinski definition) is 3. The lowest BCUT2D eigenvalue weighted by molar-refractivity contribution is -0.126. The van der Waals surface area contributed by atoms with Crippen molar-refractivity contribution in [1.29, 1.82) is 0 Å². The Hall–Kier alpha value is -2.11. The summed E-state index contributed by atoms with van der Waals surface area (Å²) in [7, 11) is 0. The Morgan fingerprint density at radius 2 is 2.22 bits per heavy atom. The molecule has 0 spiro atoms. The minimum Gasteiger partial charge on any atom is -0.409 e. The average molecular weight is 253 g/mol. The van der Waals surface area contributed by atoms with Gasteiger partial charge in [0.15, 0.2) is 5.84 Å². The Morgan fingerprint density at radius 1 is 1.56 bits per heavy atom. The van der Waals surface area contributed by atoms with E-state index in [0.29, 0.717) is 5.56 Å². The molecule has 0 saturated heterocycles. The zero-order valence-electron chi connectivity index (χ0n) is 10.3. The van der Waals surface area contributed by atoms with Gasteiger partial charge in [-0.2, -0.15) is 0 Å². The van der Waals surface area contributed by atoms with E-state index in [4.69, 9.17) is 10.9 Å². The third-order valence-electron chi connectivity index (χ3n) is 2.66. The molecule has 1 aromatic carbocycles. The van der Waals surface area contributed by atoms with Gasteiger partial charge in [0.1, 0.15) is 11.2 Å². The molecule has 0 radical (unpaired) electrons. The summed E-state index contributed by atoms with van der Waals surface area (Å²) in [5.41, 5.74) is 4.94. The number of amidine groups is 1. The van der Waals surface area contributed by atoms with Crippen molar-refractivity contribution in [2.75, 3.05) is 0 Å². The second-order valence-electron chi connectivity index (χ2n) is 4.42. The van der Waals surface area contributed by atoms with E-state index < -0.39 is 11.3 Å². The molecule has 0 bridgehead atoms. The number of nitrogens with one attached hydrogen (secondary N) is 1. The standard InChI is InChI=1S/C12H16FN3O2/c1-12(2,10(14)16-18)11(17)15-7-8-4-3-5-9(13)6-8/h3-6,18H,7H2,1-2H3,(H2,14,16)(H,15,17). The lowest BCUT2D eigenvalue weighted by atomic mass is 9.91. The predicted octanol–water partition coefficient (Wildman–Crippen LogP) is 1.21. The highest BCUT2D eigenvalue weighted by atomic mass is 19.1. The van der Waals surface area contributed by atoms with Crippen molar-refractivity contribution in [3.8, 4) is 0 Å². The van der Waals surface area contributed by atoms with Crippen molar-refractivity contribution in [2.24, 2.45) is 16.3 Å². The SMILES string of the molecule is CC(C)(C(=O)NCc1cccc(F)c1)C(N)=NO. The predicted molar refractivity (Wildman–Crippen MR) is 65.4 cm³/mol. The van der Waals surface area contributed by atoms with E-state index in [0.717, 1.165) is 0 Å². The summed E-state index contributed by atoms with van der Waals surface area (Å²) >= 11 is 0. The molecule has 0 saturated carbocycles. The van der Waals surface area contributed by atoms with E-state index in [1.54, 1.807) is 12.1 Å². The highest BCUT2D eigenvalue weighted by Gasteiger charge is 2.32. The van der Waals surface area contributed by atoms with E-state index in [1.807, 2.05) is 0 Å². The van der Waals surface area contributed by atoms with Gasteiger partial charge in [0.25, 0.3) is 0 Å². The van der Waals surface area contributed by atoms with Crippen LogP contribution in [0.2, 0.25) is 0 Å². The lowest BCUT2D eigenvalue weighted by Gasteiger charge is -2.21. The van der Waals surface area contributed by atoms with Crippen LogP contribution in [0.4, 0.5) is 4.39 Å². The van der Waals surface area contributed by atoms with E-state index in [2.05, 4.69) is 10.5 Å². The largest absolute Gasteiger partial charge is 0.409 e. The zero-order valence-corrected chi connectivity index (χ0v) is 10.3. The van der Waals surface area contributed by atoms with Gasteiger partial charge >= 0.3 is 0 Å². The van der Waals surface area contributed by atoms with Crippen LogP contribution >= 0.6 is 0 Å². The van der Waals surface area contributed by atoms with E-state index in [1.165, 1.54) is 26.0 Å². The van der Waals surface area contributed by atoms with Crippen molar-refractivity contribution in [2.45, 2.75) is 20.4 Å². The second-order valence-corrected chi connectivity index (χ2v) is 4.42. The normalized spacial score (nSPS) is 12.3. The third-order valence-corrected chi connectivity index (χ3v) is 2.66. The number of oxime groups is 1. The number of carbonyl (C=O) groups is 1. The van der Waals surface area contributed by atoms with Gasteiger partial charge in [-0.05, 0) is 31.5 Å². The number of benzene rings is 1. The Kier molecular flexibility index (Phi) is 4.25. The van der Waals surface area contributed by atoms with Crippen molar-refractivity contribution in [3.05, 3.63) is 35.6 Å². The molecule has 1 rings (SSSR count). The highest BCUT2D eigenvalue weighted by molar-refractivity contribution is 6.05. The van der Waals surface area contributed by atoms with Crippen LogP contribution in [0, 0.1) is 11.2 Å². The van der Waals surface area contributed by atoms with Crippen molar-refractivity contribution in [1.82, 2.24) is 5.32 Å². The van der Waals surface area contributed by atoms with Gasteiger partial charge in [-0.3, -0.25) is 4.79 Å². The fourth-order valence-electron chi connectivity index (χ4n) is 1.29. The molecule has 0 aliphatic heterocycles. The molecule has 0 unspecified atom stereocenters. The van der Waals surface area contributed by atoms with Gasteiger partial charge in [0.2, 0.25) is 5.91 Å². The zero-order chi connectivity index (χ0) is 13.8. The van der Waals surface area contributed by atoms with Gasteiger partial charge in [-0.25, -0.2) is 4.39 Å². The van der Waals surface area contributed by atoms with Crippen LogP contribution < -0.4 is 11.1 Å². The molecule has 4 N–H and O–H groups in total. The molecule has 0 heterocycles. The summed E-state index contributed by atoms with van der Waals surface area (Å²) in [5, 5.41) is 14.0. The monoisotopic (exact) mass is 253 g/mol. The van der Waals surface area contributed by atoms with Crippen LogP contribution in [-0.4, -0.2) is 17.0 Å². The van der Waals surface area contributed by atoms with Crippen molar-refractivity contribution >= 4 is 11.7 Å². The van der Waals surface area contributed by atoms with E-state index in [9.17, 15) is 9.18 Å². The van der Waals surface area contributed by atoms with E-state index in [-0.39, 0.29) is 18.2 Å². The number of rotatable bonds is 4. The fraction of sp³-hybridized carbons (Fsp3) is 0.333. The summed E-state index contributed by atoms with van der Waals surface area (Å²) in [5.74, 6) is -0.946. The number of halogens is 1. The molecule has 5 nitrogen and oxygen atoms in total. The first-order valence-corrected chi connectivity index (χ1v) is 5.38. The highest BCUT2D eigenvalue weighted by Crippen LogP contribution is 2.15. The molecular formula is C12H16FN3O2. The summed E-state index contributed by atoms with van der Waals surface area (Å²) in [6.07, 6.45) is 0. The second kappa shape index (κ2) is 5.48. The van der Waals surface area contributed by atoms with Crippen molar-refractivity contribution in [3.63, 3.8) is 0 Å². The van der Waals surface area contributed by atoms with Crippen molar-refractivity contribution < 1.29 is 14.4 Å². The smallest absolute Gasteiger partial charge is 0.233 e. The maximum atomic E-state index is 12.9. The molecule has 0 atom stereocenters. The van der Waals surface area contributed by atoms with Crippen LogP contribution in [0.15, 0.2) is 29.4 Å². The number of carbonyl (C=O) groups excluding carboxylic acids is 1. The Morgan fingerprint density at radius 3 is 2.78 bits per heavy atom. The van der Waals surface area contributed by atoms with Gasteiger partial charge in [0, 0.05) is 6.54 Å². The maximum absolute atomic E-state index is 12.9. The first-order chi connectivity index (χ1) is 8.37. The number of nitrogens with two attached hydrogens (primary N) is 1. The summed E-state index contributed by atoms with van der Waals surface area (Å²) in [6, 6.07) is 5.91. The number of hydrogen-bond donors (Lipinski definition) is 3. The van der Waals surface area contributed by atoms with Crippen LogP contribution in [0.5, 0.6) is 0 Å². The summed E-state index contributed by atoms with van der Waals surface area (Å²) in [4.78, 5) is 11.8. The van der Waals surface area contributed by atoms with Gasteiger partial charge < -0.3 is 16.3 Å². The van der Waals surface area contributed by atoms with E-state index >= 15 is 0 Å². The molecule has 0 aromatic heterocycles. The minimum atomic E-state index is -1.12. The Bertz CT molecular complexity index is 472. The molecule has 0 aliphatic rings. The van der Waals surface area contributed by atoms with Gasteiger partial charge in [0.05, 0.1) is 0 Å². The summed E-state index contributed by atoms with van der Waals surface area (Å²) < 4.78 is 12.9. The first-order valence-electron chi connectivity index (χ1n) is 5.38. The first kappa shape index (κ1) is 14.0. The Labute approximate surface area is 104 Å². The maximum Gasteiger partial charge on any atom is 0.233 e. The lowest BCUT2D eigenvalue weighted by Crippen LogP contribution is -2.45. The molecular weight excluding hydrogens is 237 g/mol. The van der Waals surface area contributed by atoms with Gasteiger partial charge in [-0.15, -0.1) is 0 Å². The number of nitrogens with zero attached hydrogens (tertiary/aromatic N) is 1. The Balaban J connectivity index is 2.67. The topological polar surface area (TPSA) is 87.7 Å². The number of amides is 1. The molecule has 1 aromatic rings. The average Bonchev–Trinajstić information content (AvgIpc) is 2.34.